The van der Waals surface area contributed by atoms with Crippen LogP contribution < -0.4 is 20.2 Å². The summed E-state index contributed by atoms with van der Waals surface area (Å²) in [5.74, 6) is 0.262. The summed E-state index contributed by atoms with van der Waals surface area (Å²) in [6.45, 7) is 0.0982. The van der Waals surface area contributed by atoms with Crippen LogP contribution in [0.4, 0.5) is 4.79 Å². The number of benzene rings is 1. The third-order valence-corrected chi connectivity index (χ3v) is 4.76. The smallest absolute Gasteiger partial charge is 0.344 e. The van der Waals surface area contributed by atoms with Crippen molar-refractivity contribution in [1.29, 1.82) is 0 Å². The van der Waals surface area contributed by atoms with Gasteiger partial charge in [0.25, 0.3) is 5.91 Å². The van der Waals surface area contributed by atoms with Crippen LogP contribution in [0.5, 0.6) is 11.5 Å². The minimum atomic E-state index is -0.851. The number of carbonyl (C=O) groups is 3. The summed E-state index contributed by atoms with van der Waals surface area (Å²) in [4.78, 5) is 36.8. The maximum absolute atomic E-state index is 12.6. The highest BCUT2D eigenvalue weighted by atomic mass is 16.5. The van der Waals surface area contributed by atoms with E-state index in [4.69, 9.17) is 9.47 Å². The minimum Gasteiger partial charge on any atom is -0.493 e. The number of hydrogen-bond donors (Lipinski definition) is 2. The highest BCUT2D eigenvalue weighted by Crippen LogP contribution is 2.33. The number of carbonyl (C=O) groups excluding carboxylic acids is 3. The Bertz CT molecular complexity index is 700. The quantitative estimate of drug-likeness (QED) is 0.753. The summed E-state index contributed by atoms with van der Waals surface area (Å²) >= 11 is 0. The average molecular weight is 361 g/mol. The normalized spacial score (nSPS) is 18.6. The molecule has 1 aliphatic carbocycles. The van der Waals surface area contributed by atoms with Gasteiger partial charge < -0.3 is 14.8 Å². The molecule has 3 rings (SSSR count). The molecule has 1 heterocycles. The molecule has 0 aromatic heterocycles. The van der Waals surface area contributed by atoms with Crippen LogP contribution in [0.15, 0.2) is 24.3 Å². The fourth-order valence-corrected chi connectivity index (χ4v) is 3.39. The molecule has 1 saturated carbocycles. The SMILES string of the molecule is COc1ccccc1OCCC(=O)NN1C(=O)NC2(CCCCC2)C1=O. The lowest BCUT2D eigenvalue weighted by molar-refractivity contribution is -0.140. The largest absolute Gasteiger partial charge is 0.493 e. The van der Waals surface area contributed by atoms with Crippen LogP contribution >= 0.6 is 0 Å². The third kappa shape index (κ3) is 3.58. The van der Waals surface area contributed by atoms with Crippen molar-refractivity contribution in [2.24, 2.45) is 0 Å². The molecule has 26 heavy (non-hydrogen) atoms. The Morgan fingerprint density at radius 3 is 2.58 bits per heavy atom. The second kappa shape index (κ2) is 7.63. The zero-order valence-corrected chi connectivity index (χ0v) is 14.7. The monoisotopic (exact) mass is 361 g/mol. The summed E-state index contributed by atoms with van der Waals surface area (Å²) in [6, 6.07) is 6.54. The van der Waals surface area contributed by atoms with Gasteiger partial charge in [-0.05, 0) is 25.0 Å². The van der Waals surface area contributed by atoms with Gasteiger partial charge in [0, 0.05) is 0 Å². The number of urea groups is 1. The third-order valence-electron chi connectivity index (χ3n) is 4.76. The van der Waals surface area contributed by atoms with Gasteiger partial charge in [-0.3, -0.25) is 15.0 Å². The number of imide groups is 1. The van der Waals surface area contributed by atoms with Crippen LogP contribution in [0.3, 0.4) is 0 Å². The molecular formula is C18H23N3O5. The molecule has 1 aromatic rings. The number of para-hydroxylation sites is 2. The van der Waals surface area contributed by atoms with Crippen LogP contribution in [0.25, 0.3) is 0 Å². The fraction of sp³-hybridized carbons (Fsp3) is 0.500. The Morgan fingerprint density at radius 1 is 1.19 bits per heavy atom. The lowest BCUT2D eigenvalue weighted by Gasteiger charge is -2.30. The van der Waals surface area contributed by atoms with Crippen LogP contribution in [0.1, 0.15) is 38.5 Å². The topological polar surface area (TPSA) is 97.0 Å². The van der Waals surface area contributed by atoms with Crippen molar-refractivity contribution in [2.75, 3.05) is 13.7 Å². The zero-order valence-electron chi connectivity index (χ0n) is 14.7. The summed E-state index contributed by atoms with van der Waals surface area (Å²) in [5, 5.41) is 3.55. The number of hydrogen-bond acceptors (Lipinski definition) is 5. The van der Waals surface area contributed by atoms with E-state index in [9.17, 15) is 14.4 Å². The van der Waals surface area contributed by atoms with Crippen molar-refractivity contribution in [2.45, 2.75) is 44.1 Å². The number of hydrazine groups is 1. The van der Waals surface area contributed by atoms with Crippen LogP contribution in [0, 0.1) is 0 Å². The first-order valence-electron chi connectivity index (χ1n) is 8.78. The number of nitrogens with one attached hydrogen (secondary N) is 2. The van der Waals surface area contributed by atoms with Crippen molar-refractivity contribution < 1.29 is 23.9 Å². The highest BCUT2D eigenvalue weighted by Gasteiger charge is 2.52. The van der Waals surface area contributed by atoms with Gasteiger partial charge in [0.1, 0.15) is 5.54 Å². The van der Waals surface area contributed by atoms with Gasteiger partial charge in [0.15, 0.2) is 11.5 Å². The summed E-state index contributed by atoms with van der Waals surface area (Å²) < 4.78 is 10.7. The van der Waals surface area contributed by atoms with E-state index in [1.807, 2.05) is 6.07 Å². The molecule has 4 amide bonds. The highest BCUT2D eigenvalue weighted by molar-refractivity contribution is 6.08. The van der Waals surface area contributed by atoms with Gasteiger partial charge in [0.2, 0.25) is 5.91 Å². The minimum absolute atomic E-state index is 0.00209. The van der Waals surface area contributed by atoms with E-state index in [1.165, 1.54) is 7.11 Å². The van der Waals surface area contributed by atoms with E-state index in [0.717, 1.165) is 24.3 Å². The predicted molar refractivity (Wildman–Crippen MR) is 92.4 cm³/mol. The molecule has 8 heteroatoms. The summed E-state index contributed by atoms with van der Waals surface area (Å²) in [7, 11) is 1.54. The first kappa shape index (κ1) is 18.0. The number of methoxy groups -OCH3 is 1. The molecule has 0 bridgehead atoms. The van der Waals surface area contributed by atoms with E-state index in [0.29, 0.717) is 24.3 Å². The van der Waals surface area contributed by atoms with Gasteiger partial charge in [-0.1, -0.05) is 31.4 Å². The van der Waals surface area contributed by atoms with E-state index in [-0.39, 0.29) is 18.9 Å². The van der Waals surface area contributed by atoms with E-state index >= 15 is 0 Å². The summed E-state index contributed by atoms with van der Waals surface area (Å²) in [5.41, 5.74) is 1.54. The van der Waals surface area contributed by atoms with E-state index < -0.39 is 17.5 Å². The van der Waals surface area contributed by atoms with Crippen LogP contribution in [-0.4, -0.2) is 42.1 Å². The molecule has 8 nitrogen and oxygen atoms in total. The van der Waals surface area contributed by atoms with Crippen molar-refractivity contribution in [1.82, 2.24) is 15.8 Å². The molecule has 1 saturated heterocycles. The molecule has 2 aliphatic rings. The maximum Gasteiger partial charge on any atom is 0.344 e. The van der Waals surface area contributed by atoms with E-state index in [1.54, 1.807) is 18.2 Å². The van der Waals surface area contributed by atoms with Gasteiger partial charge in [-0.15, -0.1) is 0 Å². The Balaban J connectivity index is 1.52. The van der Waals surface area contributed by atoms with Gasteiger partial charge in [0.05, 0.1) is 20.1 Å². The van der Waals surface area contributed by atoms with Gasteiger partial charge >= 0.3 is 6.03 Å². The Hall–Kier alpha value is -2.77. The van der Waals surface area contributed by atoms with Crippen molar-refractivity contribution in [3.63, 3.8) is 0 Å². The van der Waals surface area contributed by atoms with Crippen molar-refractivity contribution in [3.05, 3.63) is 24.3 Å². The maximum atomic E-state index is 12.6. The number of ether oxygens (including phenoxy) is 2. The molecule has 0 unspecified atom stereocenters. The fourth-order valence-electron chi connectivity index (χ4n) is 3.39. The van der Waals surface area contributed by atoms with E-state index in [2.05, 4.69) is 10.7 Å². The molecule has 1 aromatic carbocycles. The predicted octanol–water partition coefficient (Wildman–Crippen LogP) is 1.75. The summed E-state index contributed by atoms with van der Waals surface area (Å²) in [6.07, 6.45) is 4.06. The number of rotatable bonds is 6. The molecule has 2 N–H and O–H groups in total. The van der Waals surface area contributed by atoms with Gasteiger partial charge in [-0.2, -0.15) is 5.01 Å². The molecule has 1 aliphatic heterocycles. The lowest BCUT2D eigenvalue weighted by Crippen LogP contribution is -2.51. The molecular weight excluding hydrogens is 338 g/mol. The second-order valence-electron chi connectivity index (χ2n) is 6.50. The number of nitrogens with zero attached hydrogens (tertiary/aromatic N) is 1. The Morgan fingerprint density at radius 2 is 1.88 bits per heavy atom. The van der Waals surface area contributed by atoms with Crippen LogP contribution in [0.2, 0.25) is 0 Å². The standard InChI is InChI=1S/C18H23N3O5/c1-25-13-7-3-4-8-14(13)26-12-9-15(22)20-21-16(23)18(19-17(21)24)10-5-2-6-11-18/h3-4,7-8H,2,5-6,9-12H2,1H3,(H,19,24)(H,20,22). The molecule has 2 fully saturated rings. The molecule has 0 radical (unpaired) electrons. The van der Waals surface area contributed by atoms with Gasteiger partial charge in [-0.25, -0.2) is 4.79 Å². The average Bonchev–Trinajstić information content (AvgIpc) is 2.87. The number of amides is 4. The Kier molecular flexibility index (Phi) is 5.29. The Labute approximate surface area is 151 Å². The van der Waals surface area contributed by atoms with Crippen LogP contribution in [-0.2, 0) is 9.59 Å². The van der Waals surface area contributed by atoms with Crippen molar-refractivity contribution >= 4 is 17.8 Å². The van der Waals surface area contributed by atoms with Crippen molar-refractivity contribution in [3.8, 4) is 11.5 Å². The molecule has 1 spiro atoms. The molecule has 140 valence electrons. The second-order valence-corrected chi connectivity index (χ2v) is 6.50. The molecule has 0 atom stereocenters. The first-order valence-corrected chi connectivity index (χ1v) is 8.78. The lowest BCUT2D eigenvalue weighted by atomic mass is 9.82. The first-order chi connectivity index (χ1) is 12.6. The zero-order chi connectivity index (χ0) is 18.6.